The summed E-state index contributed by atoms with van der Waals surface area (Å²) in [6.45, 7) is 0. The van der Waals surface area contributed by atoms with Gasteiger partial charge in [0.15, 0.2) is 0 Å². The maximum atomic E-state index is 5.56. The van der Waals surface area contributed by atoms with Crippen molar-refractivity contribution in [2.24, 2.45) is 18.8 Å². The summed E-state index contributed by atoms with van der Waals surface area (Å²) in [5.41, 5.74) is 2.86. The van der Waals surface area contributed by atoms with Gasteiger partial charge in [-0.2, -0.15) is 0 Å². The molecule has 1 aromatic heterocycles. The van der Waals surface area contributed by atoms with E-state index in [0.717, 1.165) is 18.2 Å². The van der Waals surface area contributed by atoms with Crippen LogP contribution in [0.1, 0.15) is 37.5 Å². The molecule has 0 saturated heterocycles. The smallest absolute Gasteiger partial charge is 0.126 e. The molecule has 1 heterocycles. The predicted molar refractivity (Wildman–Crippen MR) is 55.2 cm³/mol. The largest absolute Gasteiger partial charge is 0.337 e. The Morgan fingerprint density at radius 2 is 2.50 bits per heavy atom. The first-order valence-corrected chi connectivity index (χ1v) is 5.24. The molecule has 0 bridgehead atoms. The molecule has 1 fully saturated rings. The topological polar surface area (TPSA) is 55.9 Å². The third kappa shape index (κ3) is 1.81. The Kier molecular flexibility index (Phi) is 2.84. The van der Waals surface area contributed by atoms with Crippen molar-refractivity contribution in [1.29, 1.82) is 0 Å². The van der Waals surface area contributed by atoms with E-state index in [1.807, 2.05) is 24.0 Å². The van der Waals surface area contributed by atoms with E-state index in [9.17, 15) is 0 Å². The first-order chi connectivity index (χ1) is 6.81. The quantitative estimate of drug-likeness (QED) is 0.557. The van der Waals surface area contributed by atoms with E-state index in [1.54, 1.807) is 0 Å². The van der Waals surface area contributed by atoms with E-state index < -0.39 is 0 Å². The van der Waals surface area contributed by atoms with Crippen LogP contribution in [0.3, 0.4) is 0 Å². The Hall–Kier alpha value is -0.870. The number of imidazole rings is 1. The minimum absolute atomic E-state index is 0.209. The Labute approximate surface area is 84.5 Å². The maximum Gasteiger partial charge on any atom is 0.126 e. The second-order valence-electron chi connectivity index (χ2n) is 4.15. The lowest BCUT2D eigenvalue weighted by Gasteiger charge is -2.29. The van der Waals surface area contributed by atoms with Gasteiger partial charge in [-0.15, -0.1) is 0 Å². The molecule has 4 nitrogen and oxygen atoms in total. The highest BCUT2D eigenvalue weighted by Gasteiger charge is 2.24. The van der Waals surface area contributed by atoms with Crippen LogP contribution < -0.4 is 11.3 Å². The van der Waals surface area contributed by atoms with Crippen LogP contribution >= 0.6 is 0 Å². The van der Waals surface area contributed by atoms with Gasteiger partial charge in [0.25, 0.3) is 0 Å². The van der Waals surface area contributed by atoms with Crippen LogP contribution in [0.5, 0.6) is 0 Å². The zero-order valence-electron chi connectivity index (χ0n) is 8.61. The molecule has 14 heavy (non-hydrogen) atoms. The molecule has 2 rings (SSSR count). The van der Waals surface area contributed by atoms with E-state index >= 15 is 0 Å². The van der Waals surface area contributed by atoms with Gasteiger partial charge in [-0.25, -0.2) is 10.4 Å². The summed E-state index contributed by atoms with van der Waals surface area (Å²) in [6, 6.07) is 0.209. The fraction of sp³-hybridized carbons (Fsp3) is 0.700. The molecule has 4 heteroatoms. The molecular weight excluding hydrogens is 176 g/mol. The van der Waals surface area contributed by atoms with Gasteiger partial charge in [-0.05, 0) is 12.3 Å². The van der Waals surface area contributed by atoms with E-state index in [-0.39, 0.29) is 6.04 Å². The molecule has 1 unspecified atom stereocenters. The number of aromatic nitrogens is 2. The minimum Gasteiger partial charge on any atom is -0.337 e. The highest BCUT2D eigenvalue weighted by atomic mass is 15.3. The van der Waals surface area contributed by atoms with E-state index in [0.29, 0.717) is 0 Å². The van der Waals surface area contributed by atoms with Crippen molar-refractivity contribution in [3.63, 3.8) is 0 Å². The lowest BCUT2D eigenvalue weighted by Crippen LogP contribution is -2.32. The molecule has 3 N–H and O–H groups in total. The zero-order chi connectivity index (χ0) is 9.97. The van der Waals surface area contributed by atoms with Crippen LogP contribution in [-0.4, -0.2) is 9.55 Å². The second kappa shape index (κ2) is 4.11. The number of nitrogens with one attached hydrogen (secondary N) is 1. The standard InChI is InChI=1S/C10H18N4/c1-14-6-5-12-10(14)9(13-11)7-8-3-2-4-8/h5-6,8-9,13H,2-4,7,11H2,1H3. The van der Waals surface area contributed by atoms with Gasteiger partial charge in [0, 0.05) is 19.4 Å². The van der Waals surface area contributed by atoms with Gasteiger partial charge < -0.3 is 4.57 Å². The monoisotopic (exact) mass is 194 g/mol. The normalized spacial score (nSPS) is 19.3. The average Bonchev–Trinajstić information content (AvgIpc) is 2.51. The SMILES string of the molecule is Cn1ccnc1C(CC1CCC1)NN. The van der Waals surface area contributed by atoms with Crippen LogP contribution in [0.25, 0.3) is 0 Å². The molecule has 78 valence electrons. The molecule has 0 spiro atoms. The summed E-state index contributed by atoms with van der Waals surface area (Å²) < 4.78 is 2.03. The molecule has 1 saturated carbocycles. The summed E-state index contributed by atoms with van der Waals surface area (Å²) in [7, 11) is 2.01. The number of nitrogens with two attached hydrogens (primary N) is 1. The van der Waals surface area contributed by atoms with Crippen LogP contribution in [0.15, 0.2) is 12.4 Å². The fourth-order valence-electron chi connectivity index (χ4n) is 2.02. The van der Waals surface area contributed by atoms with Crippen molar-refractivity contribution >= 4 is 0 Å². The summed E-state index contributed by atoms with van der Waals surface area (Å²) in [4.78, 5) is 4.32. The van der Waals surface area contributed by atoms with E-state index in [1.165, 1.54) is 19.3 Å². The minimum atomic E-state index is 0.209. The zero-order valence-corrected chi connectivity index (χ0v) is 8.61. The highest BCUT2D eigenvalue weighted by molar-refractivity contribution is 4.99. The maximum absolute atomic E-state index is 5.56. The molecule has 0 amide bonds. The van der Waals surface area contributed by atoms with Crippen molar-refractivity contribution in [3.8, 4) is 0 Å². The Bertz CT molecular complexity index is 290. The van der Waals surface area contributed by atoms with Crippen LogP contribution in [0.2, 0.25) is 0 Å². The lowest BCUT2D eigenvalue weighted by molar-refractivity contribution is 0.256. The average molecular weight is 194 g/mol. The summed E-state index contributed by atoms with van der Waals surface area (Å²) in [5, 5.41) is 0. The third-order valence-corrected chi connectivity index (χ3v) is 3.17. The van der Waals surface area contributed by atoms with Crippen molar-refractivity contribution in [1.82, 2.24) is 15.0 Å². The van der Waals surface area contributed by atoms with Crippen molar-refractivity contribution in [3.05, 3.63) is 18.2 Å². The highest BCUT2D eigenvalue weighted by Crippen LogP contribution is 2.33. The number of rotatable bonds is 4. The van der Waals surface area contributed by atoms with Crippen LogP contribution in [0.4, 0.5) is 0 Å². The molecule has 0 aliphatic heterocycles. The third-order valence-electron chi connectivity index (χ3n) is 3.17. The first kappa shape index (κ1) is 9.68. The molecular formula is C10H18N4. The molecule has 1 aliphatic carbocycles. The number of hydrazine groups is 1. The van der Waals surface area contributed by atoms with Crippen molar-refractivity contribution in [2.45, 2.75) is 31.7 Å². The predicted octanol–water partition coefficient (Wildman–Crippen LogP) is 1.11. The van der Waals surface area contributed by atoms with Crippen molar-refractivity contribution < 1.29 is 0 Å². The van der Waals surface area contributed by atoms with E-state index in [2.05, 4.69) is 10.4 Å². The summed E-state index contributed by atoms with van der Waals surface area (Å²) in [6.07, 6.45) is 8.97. The van der Waals surface area contributed by atoms with Gasteiger partial charge in [0.05, 0.1) is 6.04 Å². The Morgan fingerprint density at radius 3 is 2.93 bits per heavy atom. The molecule has 1 atom stereocenters. The van der Waals surface area contributed by atoms with Gasteiger partial charge in [-0.3, -0.25) is 5.84 Å². The van der Waals surface area contributed by atoms with Crippen LogP contribution in [-0.2, 0) is 7.05 Å². The molecule has 0 aromatic carbocycles. The summed E-state index contributed by atoms with van der Waals surface area (Å²) >= 11 is 0. The van der Waals surface area contributed by atoms with Crippen molar-refractivity contribution in [2.75, 3.05) is 0 Å². The van der Waals surface area contributed by atoms with Gasteiger partial charge in [-0.1, -0.05) is 19.3 Å². The summed E-state index contributed by atoms with van der Waals surface area (Å²) in [5.74, 6) is 7.44. The Morgan fingerprint density at radius 1 is 1.71 bits per heavy atom. The van der Waals surface area contributed by atoms with Gasteiger partial charge >= 0.3 is 0 Å². The molecule has 1 aromatic rings. The van der Waals surface area contributed by atoms with Gasteiger partial charge in [0.1, 0.15) is 5.82 Å². The lowest BCUT2D eigenvalue weighted by atomic mass is 9.81. The molecule has 1 aliphatic rings. The second-order valence-corrected chi connectivity index (χ2v) is 4.15. The number of nitrogens with zero attached hydrogens (tertiary/aromatic N) is 2. The number of aryl methyl sites for hydroxylation is 1. The number of hydrogen-bond acceptors (Lipinski definition) is 3. The number of hydrogen-bond donors (Lipinski definition) is 2. The van der Waals surface area contributed by atoms with Gasteiger partial charge in [0.2, 0.25) is 0 Å². The fourth-order valence-corrected chi connectivity index (χ4v) is 2.02. The Balaban J connectivity index is 2.01. The van der Waals surface area contributed by atoms with Crippen LogP contribution in [0, 0.1) is 5.92 Å². The first-order valence-electron chi connectivity index (χ1n) is 5.24. The van der Waals surface area contributed by atoms with E-state index in [4.69, 9.17) is 5.84 Å². The molecule has 0 radical (unpaired) electrons.